The third kappa shape index (κ3) is 3.64. The molecule has 2 rings (SSSR count). The fraction of sp³-hybridized carbons (Fsp3) is 0.154. The summed E-state index contributed by atoms with van der Waals surface area (Å²) < 4.78 is 38.5. The number of nitrogen functional groups attached to an aromatic ring is 1. The molecule has 0 spiro atoms. The summed E-state index contributed by atoms with van der Waals surface area (Å²) in [6, 6.07) is 7.14. The van der Waals surface area contributed by atoms with Gasteiger partial charge in [0.25, 0.3) is 0 Å². The van der Waals surface area contributed by atoms with Crippen molar-refractivity contribution in [1.82, 2.24) is 9.97 Å². The summed E-state index contributed by atoms with van der Waals surface area (Å²) in [7, 11) is 0. The first-order valence-electron chi connectivity index (χ1n) is 5.72. The number of halogens is 3. The van der Waals surface area contributed by atoms with Crippen LogP contribution in [0.25, 0.3) is 0 Å². The van der Waals surface area contributed by atoms with Gasteiger partial charge in [-0.15, -0.1) is 0 Å². The third-order valence-electron chi connectivity index (χ3n) is 2.60. The summed E-state index contributed by atoms with van der Waals surface area (Å²) in [4.78, 5) is 7.76. The van der Waals surface area contributed by atoms with Crippen LogP contribution in [0.1, 0.15) is 16.7 Å². The van der Waals surface area contributed by atoms with Crippen LogP contribution in [0.15, 0.2) is 35.6 Å². The fourth-order valence-corrected chi connectivity index (χ4v) is 2.43. The molecule has 0 saturated heterocycles. The molecule has 1 aromatic carbocycles. The predicted molar refractivity (Wildman–Crippen MR) is 72.2 cm³/mol. The molecule has 0 amide bonds. The van der Waals surface area contributed by atoms with E-state index in [0.29, 0.717) is 0 Å². The second kappa shape index (κ2) is 6.01. The van der Waals surface area contributed by atoms with Gasteiger partial charge in [0.1, 0.15) is 17.5 Å². The number of thioether (sulfide) groups is 1. The van der Waals surface area contributed by atoms with E-state index in [9.17, 15) is 13.2 Å². The Morgan fingerprint density at radius 3 is 2.62 bits per heavy atom. The molecule has 0 saturated carbocycles. The topological polar surface area (TPSA) is 75.6 Å². The zero-order chi connectivity index (χ0) is 15.5. The maximum Gasteiger partial charge on any atom is 0.416 e. The van der Waals surface area contributed by atoms with Gasteiger partial charge in [-0.25, -0.2) is 9.97 Å². The monoisotopic (exact) mass is 310 g/mol. The normalized spacial score (nSPS) is 11.1. The molecule has 8 heteroatoms. The second-order valence-electron chi connectivity index (χ2n) is 4.01. The van der Waals surface area contributed by atoms with E-state index in [-0.39, 0.29) is 27.9 Å². The number of rotatable bonds is 3. The van der Waals surface area contributed by atoms with Crippen molar-refractivity contribution >= 4 is 17.6 Å². The molecule has 4 nitrogen and oxygen atoms in total. The first-order chi connectivity index (χ1) is 9.91. The summed E-state index contributed by atoms with van der Waals surface area (Å²) in [5.41, 5.74) is 5.13. The minimum Gasteiger partial charge on any atom is -0.382 e. The summed E-state index contributed by atoms with van der Waals surface area (Å²) in [6.45, 7) is 0. The summed E-state index contributed by atoms with van der Waals surface area (Å²) in [5.74, 6) is 0.0696. The van der Waals surface area contributed by atoms with Gasteiger partial charge in [-0.1, -0.05) is 30.0 Å². The highest BCUT2D eigenvalue weighted by molar-refractivity contribution is 7.98. The van der Waals surface area contributed by atoms with Crippen LogP contribution in [0.5, 0.6) is 0 Å². The first kappa shape index (κ1) is 15.1. The second-order valence-corrected chi connectivity index (χ2v) is 4.95. The van der Waals surface area contributed by atoms with Crippen LogP contribution < -0.4 is 5.73 Å². The van der Waals surface area contributed by atoms with Crippen molar-refractivity contribution in [3.05, 3.63) is 47.2 Å². The van der Waals surface area contributed by atoms with Gasteiger partial charge in [0.05, 0.1) is 11.8 Å². The Hall–Kier alpha value is -2.27. The zero-order valence-corrected chi connectivity index (χ0v) is 11.4. The zero-order valence-electron chi connectivity index (χ0n) is 10.6. The fourth-order valence-electron chi connectivity index (χ4n) is 1.60. The van der Waals surface area contributed by atoms with E-state index in [1.54, 1.807) is 6.07 Å². The number of nitrogens with two attached hydrogens (primary N) is 1. The molecule has 0 fully saturated rings. The van der Waals surface area contributed by atoms with Gasteiger partial charge in [0, 0.05) is 5.75 Å². The number of aromatic nitrogens is 2. The van der Waals surface area contributed by atoms with Gasteiger partial charge in [-0.2, -0.15) is 18.4 Å². The van der Waals surface area contributed by atoms with Crippen LogP contribution in [0.2, 0.25) is 0 Å². The molecule has 0 aliphatic rings. The Bertz CT molecular complexity index is 695. The molecule has 2 aromatic rings. The molecule has 0 atom stereocenters. The Labute approximate surface area is 122 Å². The van der Waals surface area contributed by atoms with Crippen LogP contribution >= 0.6 is 11.8 Å². The smallest absolute Gasteiger partial charge is 0.382 e. The Morgan fingerprint density at radius 2 is 2.00 bits per heavy atom. The van der Waals surface area contributed by atoms with Crippen molar-refractivity contribution in [2.24, 2.45) is 0 Å². The van der Waals surface area contributed by atoms with Gasteiger partial charge < -0.3 is 5.73 Å². The number of nitriles is 1. The first-order valence-corrected chi connectivity index (χ1v) is 6.71. The molecule has 0 aliphatic heterocycles. The minimum absolute atomic E-state index is 0.0131. The van der Waals surface area contributed by atoms with Crippen LogP contribution in [-0.4, -0.2) is 9.97 Å². The van der Waals surface area contributed by atoms with Gasteiger partial charge in [0.15, 0.2) is 5.16 Å². The van der Waals surface area contributed by atoms with E-state index in [2.05, 4.69) is 9.97 Å². The standard InChI is InChI=1S/C13H9F3N4S/c14-13(15,16)10-4-2-1-3-8(10)7-21-12-19-6-9(5-17)11(18)20-12/h1-4,6H,7H2,(H2,18,19,20). The molecule has 1 aromatic heterocycles. The van der Waals surface area contributed by atoms with Crippen molar-refractivity contribution in [1.29, 1.82) is 5.26 Å². The van der Waals surface area contributed by atoms with Crippen molar-refractivity contribution in [3.63, 3.8) is 0 Å². The molecular formula is C13H9F3N4S. The lowest BCUT2D eigenvalue weighted by Crippen LogP contribution is -2.08. The molecule has 1 heterocycles. The lowest BCUT2D eigenvalue weighted by atomic mass is 10.1. The lowest BCUT2D eigenvalue weighted by Gasteiger charge is -2.11. The highest BCUT2D eigenvalue weighted by Crippen LogP contribution is 2.34. The minimum atomic E-state index is -4.40. The predicted octanol–water partition coefficient (Wildman–Crippen LogP) is 3.24. The number of anilines is 1. The van der Waals surface area contributed by atoms with Gasteiger partial charge >= 0.3 is 6.18 Å². The summed E-state index contributed by atoms with van der Waals surface area (Å²) >= 11 is 1.03. The van der Waals surface area contributed by atoms with E-state index in [0.717, 1.165) is 17.8 Å². The van der Waals surface area contributed by atoms with E-state index in [4.69, 9.17) is 11.0 Å². The number of alkyl halides is 3. The highest BCUT2D eigenvalue weighted by atomic mass is 32.2. The molecule has 108 valence electrons. The molecule has 0 unspecified atom stereocenters. The third-order valence-corrected chi connectivity index (χ3v) is 3.51. The van der Waals surface area contributed by atoms with E-state index < -0.39 is 11.7 Å². The van der Waals surface area contributed by atoms with E-state index >= 15 is 0 Å². The van der Waals surface area contributed by atoms with Gasteiger partial charge in [-0.05, 0) is 11.6 Å². The number of benzene rings is 1. The van der Waals surface area contributed by atoms with Crippen molar-refractivity contribution in [2.75, 3.05) is 5.73 Å². The molecule has 21 heavy (non-hydrogen) atoms. The van der Waals surface area contributed by atoms with E-state index in [1.807, 2.05) is 6.07 Å². The van der Waals surface area contributed by atoms with Crippen molar-refractivity contribution in [3.8, 4) is 6.07 Å². The van der Waals surface area contributed by atoms with Crippen molar-refractivity contribution < 1.29 is 13.2 Å². The largest absolute Gasteiger partial charge is 0.416 e. The Morgan fingerprint density at radius 1 is 1.29 bits per heavy atom. The number of hydrogen-bond acceptors (Lipinski definition) is 5. The average Bonchev–Trinajstić information content (AvgIpc) is 2.44. The van der Waals surface area contributed by atoms with E-state index in [1.165, 1.54) is 18.3 Å². The molecule has 0 radical (unpaired) electrons. The molecular weight excluding hydrogens is 301 g/mol. The molecule has 2 N–H and O–H groups in total. The maximum atomic E-state index is 12.8. The van der Waals surface area contributed by atoms with Crippen LogP contribution in [0.3, 0.4) is 0 Å². The van der Waals surface area contributed by atoms with Crippen LogP contribution in [0.4, 0.5) is 19.0 Å². The number of nitrogens with zero attached hydrogens (tertiary/aromatic N) is 3. The van der Waals surface area contributed by atoms with Gasteiger partial charge in [-0.3, -0.25) is 0 Å². The highest BCUT2D eigenvalue weighted by Gasteiger charge is 2.32. The van der Waals surface area contributed by atoms with Crippen LogP contribution in [-0.2, 0) is 11.9 Å². The van der Waals surface area contributed by atoms with Gasteiger partial charge in [0.2, 0.25) is 0 Å². The Balaban J connectivity index is 2.18. The average molecular weight is 310 g/mol. The molecule has 0 bridgehead atoms. The summed E-state index contributed by atoms with van der Waals surface area (Å²) in [5, 5.41) is 8.93. The SMILES string of the molecule is N#Cc1cnc(SCc2ccccc2C(F)(F)F)nc1N. The lowest BCUT2D eigenvalue weighted by molar-refractivity contribution is -0.138. The van der Waals surface area contributed by atoms with Crippen LogP contribution in [0, 0.1) is 11.3 Å². The maximum absolute atomic E-state index is 12.8. The van der Waals surface area contributed by atoms with Crippen molar-refractivity contribution in [2.45, 2.75) is 17.1 Å². The number of hydrogen-bond donors (Lipinski definition) is 1. The molecule has 0 aliphatic carbocycles. The summed E-state index contributed by atoms with van der Waals surface area (Å²) in [6.07, 6.45) is -3.15. The quantitative estimate of drug-likeness (QED) is 0.695. The Kier molecular flexibility index (Phi) is 4.33.